The Morgan fingerprint density at radius 1 is 1.09 bits per heavy atom. The zero-order chi connectivity index (χ0) is 23.3. The number of hydrogen-bond acceptors (Lipinski definition) is 6. The van der Waals surface area contributed by atoms with Gasteiger partial charge in [-0.2, -0.15) is 0 Å². The Kier molecular flexibility index (Phi) is 7.42. The molecule has 0 unspecified atom stereocenters. The number of likely N-dealkylation sites (tertiary alicyclic amines) is 1. The number of sulfonamides is 1. The van der Waals surface area contributed by atoms with Gasteiger partial charge in [0.2, 0.25) is 5.95 Å². The van der Waals surface area contributed by atoms with Gasteiger partial charge in [-0.25, -0.2) is 27.5 Å². The van der Waals surface area contributed by atoms with Crippen molar-refractivity contribution in [3.63, 3.8) is 0 Å². The predicted molar refractivity (Wildman–Crippen MR) is 124 cm³/mol. The Balaban J connectivity index is 1.31. The first kappa shape index (κ1) is 23.4. The van der Waals surface area contributed by atoms with Gasteiger partial charge in [-0.3, -0.25) is 0 Å². The molecule has 0 atom stereocenters. The summed E-state index contributed by atoms with van der Waals surface area (Å²) in [5.74, 6) is -0.451. The van der Waals surface area contributed by atoms with Crippen LogP contribution >= 0.6 is 11.6 Å². The van der Waals surface area contributed by atoms with Crippen LogP contribution in [0.4, 0.5) is 10.3 Å². The Labute approximate surface area is 197 Å². The highest BCUT2D eigenvalue weighted by atomic mass is 35.5. The molecule has 33 heavy (non-hydrogen) atoms. The molecule has 10 heteroatoms. The van der Waals surface area contributed by atoms with Crippen molar-refractivity contribution in [2.24, 2.45) is 0 Å². The van der Waals surface area contributed by atoms with Crippen molar-refractivity contribution < 1.29 is 17.5 Å². The van der Waals surface area contributed by atoms with Gasteiger partial charge in [0, 0.05) is 19.6 Å². The molecule has 1 N–H and O–H groups in total. The maximum Gasteiger partial charge on any atom is 0.264 e. The smallest absolute Gasteiger partial charge is 0.264 e. The first-order valence-corrected chi connectivity index (χ1v) is 12.5. The van der Waals surface area contributed by atoms with Gasteiger partial charge in [-0.05, 0) is 43.0 Å². The second-order valence-corrected chi connectivity index (χ2v) is 9.91. The summed E-state index contributed by atoms with van der Waals surface area (Å²) in [6.45, 7) is 2.88. The fraction of sp³-hybridized carbons (Fsp3) is 0.304. The minimum absolute atomic E-state index is 0.0173. The zero-order valence-electron chi connectivity index (χ0n) is 17.8. The minimum Gasteiger partial charge on any atom is -0.489 e. The standard InChI is InChI=1S/C23H24ClFN4O3S/c24-21-14-20(33(30,31)28-23-26-15-18(25)16-27-23)6-7-22(21)32-19-9-12-29(13-10-19)11-8-17-4-2-1-3-5-17/h1-7,14-16,19H,8-13H2,(H,26,27,28). The van der Waals surface area contributed by atoms with Crippen molar-refractivity contribution >= 4 is 27.6 Å². The van der Waals surface area contributed by atoms with Crippen LogP contribution in [0.3, 0.4) is 0 Å². The van der Waals surface area contributed by atoms with E-state index in [0.29, 0.717) is 5.75 Å². The lowest BCUT2D eigenvalue weighted by Crippen LogP contribution is -2.39. The lowest BCUT2D eigenvalue weighted by molar-refractivity contribution is 0.101. The summed E-state index contributed by atoms with van der Waals surface area (Å²) in [5, 5.41) is 0.199. The average Bonchev–Trinajstić information content (AvgIpc) is 2.82. The van der Waals surface area contributed by atoms with E-state index in [2.05, 4.69) is 43.9 Å². The summed E-state index contributed by atoms with van der Waals surface area (Å²) in [5.41, 5.74) is 1.33. The number of hydrogen-bond donors (Lipinski definition) is 1. The van der Waals surface area contributed by atoms with Gasteiger partial charge in [-0.1, -0.05) is 41.9 Å². The summed E-state index contributed by atoms with van der Waals surface area (Å²) in [4.78, 5) is 9.57. The van der Waals surface area contributed by atoms with Crippen molar-refractivity contribution in [3.05, 3.63) is 77.3 Å². The van der Waals surface area contributed by atoms with Crippen molar-refractivity contribution in [2.75, 3.05) is 24.4 Å². The van der Waals surface area contributed by atoms with E-state index in [9.17, 15) is 12.8 Å². The highest BCUT2D eigenvalue weighted by Crippen LogP contribution is 2.30. The van der Waals surface area contributed by atoms with Crippen LogP contribution in [0, 0.1) is 5.82 Å². The molecule has 0 saturated carbocycles. The van der Waals surface area contributed by atoms with Crippen LogP contribution in [0.25, 0.3) is 0 Å². The van der Waals surface area contributed by atoms with E-state index >= 15 is 0 Å². The van der Waals surface area contributed by atoms with Crippen molar-refractivity contribution in [2.45, 2.75) is 30.3 Å². The zero-order valence-corrected chi connectivity index (χ0v) is 19.4. The Morgan fingerprint density at radius 2 is 1.79 bits per heavy atom. The van der Waals surface area contributed by atoms with Gasteiger partial charge >= 0.3 is 0 Å². The van der Waals surface area contributed by atoms with E-state index in [0.717, 1.165) is 51.3 Å². The second-order valence-electron chi connectivity index (χ2n) is 7.82. The summed E-state index contributed by atoms with van der Waals surface area (Å²) in [6, 6.07) is 14.7. The fourth-order valence-corrected chi connectivity index (χ4v) is 4.92. The molecule has 0 bridgehead atoms. The number of benzene rings is 2. The van der Waals surface area contributed by atoms with Crippen LogP contribution in [-0.2, 0) is 16.4 Å². The van der Waals surface area contributed by atoms with E-state index in [-0.39, 0.29) is 22.0 Å². The molecule has 4 rings (SSSR count). The molecular formula is C23H24ClFN4O3S. The predicted octanol–water partition coefficient (Wildman–Crippen LogP) is 4.16. The molecule has 7 nitrogen and oxygen atoms in total. The topological polar surface area (TPSA) is 84.4 Å². The Hall–Kier alpha value is -2.75. The second kappa shape index (κ2) is 10.5. The van der Waals surface area contributed by atoms with Crippen molar-refractivity contribution in [1.29, 1.82) is 0 Å². The largest absolute Gasteiger partial charge is 0.489 e. The number of ether oxygens (including phenoxy) is 1. The first-order valence-electron chi connectivity index (χ1n) is 10.6. The number of nitrogens with one attached hydrogen (secondary N) is 1. The fourth-order valence-electron chi connectivity index (χ4n) is 3.65. The molecule has 0 aliphatic carbocycles. The summed E-state index contributed by atoms with van der Waals surface area (Å²) >= 11 is 6.32. The van der Waals surface area contributed by atoms with E-state index < -0.39 is 15.8 Å². The molecule has 0 spiro atoms. The maximum atomic E-state index is 12.9. The van der Waals surface area contributed by atoms with E-state index in [1.807, 2.05) is 6.07 Å². The summed E-state index contributed by atoms with van der Waals surface area (Å²) in [7, 11) is -3.98. The molecule has 1 aliphatic heterocycles. The molecule has 2 aromatic carbocycles. The molecule has 0 amide bonds. The van der Waals surface area contributed by atoms with Gasteiger partial charge < -0.3 is 9.64 Å². The van der Waals surface area contributed by atoms with Crippen LogP contribution in [0.15, 0.2) is 65.8 Å². The monoisotopic (exact) mass is 490 g/mol. The van der Waals surface area contributed by atoms with Crippen LogP contribution in [0.1, 0.15) is 18.4 Å². The van der Waals surface area contributed by atoms with Crippen LogP contribution in [0.5, 0.6) is 5.75 Å². The van der Waals surface area contributed by atoms with Gasteiger partial charge in [-0.15, -0.1) is 0 Å². The third-order valence-corrected chi connectivity index (χ3v) is 7.07. The summed E-state index contributed by atoms with van der Waals surface area (Å²) < 4.78 is 46.3. The normalized spacial score (nSPS) is 15.3. The lowest BCUT2D eigenvalue weighted by Gasteiger charge is -2.32. The number of rotatable bonds is 8. The number of piperidine rings is 1. The number of anilines is 1. The molecule has 1 saturated heterocycles. The third-order valence-electron chi connectivity index (χ3n) is 5.45. The van der Waals surface area contributed by atoms with E-state index in [1.165, 1.54) is 17.7 Å². The first-order chi connectivity index (χ1) is 15.9. The number of aromatic nitrogens is 2. The van der Waals surface area contributed by atoms with Gasteiger partial charge in [0.25, 0.3) is 10.0 Å². The highest BCUT2D eigenvalue weighted by molar-refractivity contribution is 7.92. The molecule has 2 heterocycles. The third kappa shape index (κ3) is 6.40. The van der Waals surface area contributed by atoms with Crippen LogP contribution in [0.2, 0.25) is 5.02 Å². The minimum atomic E-state index is -3.98. The Bertz CT molecular complexity index is 1170. The maximum absolute atomic E-state index is 12.9. The molecule has 1 aliphatic rings. The number of halogens is 2. The molecule has 1 aromatic heterocycles. The average molecular weight is 491 g/mol. The molecule has 1 fully saturated rings. The van der Waals surface area contributed by atoms with Crippen molar-refractivity contribution in [3.8, 4) is 5.75 Å². The van der Waals surface area contributed by atoms with Crippen LogP contribution < -0.4 is 9.46 Å². The Morgan fingerprint density at radius 3 is 2.45 bits per heavy atom. The molecule has 0 radical (unpaired) electrons. The molecular weight excluding hydrogens is 467 g/mol. The van der Waals surface area contributed by atoms with Gasteiger partial charge in [0.05, 0.1) is 22.3 Å². The highest BCUT2D eigenvalue weighted by Gasteiger charge is 2.22. The van der Waals surface area contributed by atoms with E-state index in [4.69, 9.17) is 16.3 Å². The summed E-state index contributed by atoms with van der Waals surface area (Å²) in [6.07, 6.45) is 4.53. The van der Waals surface area contributed by atoms with E-state index in [1.54, 1.807) is 6.07 Å². The van der Waals surface area contributed by atoms with Crippen molar-refractivity contribution in [1.82, 2.24) is 14.9 Å². The molecule has 3 aromatic rings. The quantitative estimate of drug-likeness (QED) is 0.510. The lowest BCUT2D eigenvalue weighted by atomic mass is 10.1. The van der Waals surface area contributed by atoms with Gasteiger partial charge in [0.15, 0.2) is 5.82 Å². The van der Waals surface area contributed by atoms with Crippen LogP contribution in [-0.4, -0.2) is 49.0 Å². The number of nitrogens with zero attached hydrogens (tertiary/aromatic N) is 3. The SMILES string of the molecule is O=S(=O)(Nc1ncc(F)cn1)c1ccc(OC2CCN(CCc3ccccc3)CC2)c(Cl)c1. The molecule has 174 valence electrons. The van der Waals surface area contributed by atoms with Gasteiger partial charge in [0.1, 0.15) is 11.9 Å².